The molecule has 0 radical (unpaired) electrons. The summed E-state index contributed by atoms with van der Waals surface area (Å²) in [7, 11) is 1.67. The van der Waals surface area contributed by atoms with Crippen LogP contribution in [0, 0.1) is 11.3 Å². The van der Waals surface area contributed by atoms with Gasteiger partial charge in [-0.1, -0.05) is 0 Å². The summed E-state index contributed by atoms with van der Waals surface area (Å²) in [5.74, 6) is 0. The predicted octanol–water partition coefficient (Wildman–Crippen LogP) is 1.07. The molecule has 0 heterocycles. The molecule has 0 amide bonds. The maximum absolute atomic E-state index is 9.05. The minimum absolute atomic E-state index is 0.448. The highest BCUT2D eigenvalue weighted by Gasteiger charge is 2.32. The van der Waals surface area contributed by atoms with Crippen molar-refractivity contribution in [1.29, 1.82) is 5.26 Å². The summed E-state index contributed by atoms with van der Waals surface area (Å²) in [6.45, 7) is 3.70. The standard InChI is InChI=1S/C11H20N2O2/c1-11(8-12,13-10-4-5-10)9-15-7-3-6-14-2/h10,13H,3-7,9H2,1-2H3. The third-order valence-electron chi connectivity index (χ3n) is 2.37. The van der Waals surface area contributed by atoms with Crippen molar-refractivity contribution in [2.75, 3.05) is 26.9 Å². The van der Waals surface area contributed by atoms with E-state index in [-0.39, 0.29) is 0 Å². The molecule has 1 aliphatic carbocycles. The molecule has 0 aliphatic heterocycles. The highest BCUT2D eigenvalue weighted by atomic mass is 16.5. The van der Waals surface area contributed by atoms with Gasteiger partial charge in [0.2, 0.25) is 0 Å². The molecule has 4 nitrogen and oxygen atoms in total. The number of ether oxygens (including phenoxy) is 2. The Morgan fingerprint density at radius 3 is 2.73 bits per heavy atom. The monoisotopic (exact) mass is 212 g/mol. The second kappa shape index (κ2) is 6.06. The molecule has 0 aromatic carbocycles. The molecule has 1 unspecified atom stereocenters. The van der Waals surface area contributed by atoms with E-state index in [2.05, 4.69) is 11.4 Å². The topological polar surface area (TPSA) is 54.3 Å². The summed E-state index contributed by atoms with van der Waals surface area (Å²) in [6, 6.07) is 2.80. The van der Waals surface area contributed by atoms with Crippen molar-refractivity contribution in [3.05, 3.63) is 0 Å². The Hall–Kier alpha value is -0.630. The number of hydrogen-bond acceptors (Lipinski definition) is 4. The van der Waals surface area contributed by atoms with Crippen LogP contribution in [-0.4, -0.2) is 38.5 Å². The largest absolute Gasteiger partial charge is 0.385 e. The third kappa shape index (κ3) is 5.12. The highest BCUT2D eigenvalue weighted by Crippen LogP contribution is 2.22. The average Bonchev–Trinajstić information content (AvgIpc) is 3.01. The SMILES string of the molecule is COCCCOCC(C)(C#N)NC1CC1. The Labute approximate surface area is 91.6 Å². The van der Waals surface area contributed by atoms with Gasteiger partial charge in [-0.25, -0.2) is 0 Å². The Balaban J connectivity index is 2.12. The molecule has 1 N–H and O–H groups in total. The van der Waals surface area contributed by atoms with E-state index in [1.54, 1.807) is 7.11 Å². The van der Waals surface area contributed by atoms with Gasteiger partial charge in [0.25, 0.3) is 0 Å². The first-order valence-electron chi connectivity index (χ1n) is 5.46. The van der Waals surface area contributed by atoms with Gasteiger partial charge in [0.1, 0.15) is 5.54 Å². The van der Waals surface area contributed by atoms with Crippen LogP contribution in [0.5, 0.6) is 0 Å². The fourth-order valence-corrected chi connectivity index (χ4v) is 1.37. The van der Waals surface area contributed by atoms with Crippen molar-refractivity contribution >= 4 is 0 Å². The van der Waals surface area contributed by atoms with Gasteiger partial charge in [-0.05, 0) is 26.2 Å². The van der Waals surface area contributed by atoms with Crippen LogP contribution >= 0.6 is 0 Å². The maximum atomic E-state index is 9.05. The van der Waals surface area contributed by atoms with Gasteiger partial charge >= 0.3 is 0 Å². The molecule has 0 spiro atoms. The lowest BCUT2D eigenvalue weighted by Gasteiger charge is -2.22. The number of nitrogens with zero attached hydrogens (tertiary/aromatic N) is 1. The summed E-state index contributed by atoms with van der Waals surface area (Å²) in [6.07, 6.45) is 3.24. The molecule has 4 heteroatoms. The van der Waals surface area contributed by atoms with Crippen molar-refractivity contribution in [1.82, 2.24) is 5.32 Å². The number of nitrogens with one attached hydrogen (secondary N) is 1. The smallest absolute Gasteiger partial charge is 0.127 e. The molecular weight excluding hydrogens is 192 g/mol. The quantitative estimate of drug-likeness (QED) is 0.612. The number of rotatable bonds is 8. The Kier molecular flexibility index (Phi) is 5.03. The van der Waals surface area contributed by atoms with Gasteiger partial charge in [0.15, 0.2) is 0 Å². The van der Waals surface area contributed by atoms with Crippen LogP contribution in [0.15, 0.2) is 0 Å². The molecule has 1 saturated carbocycles. The van der Waals surface area contributed by atoms with E-state index >= 15 is 0 Å². The normalized spacial score (nSPS) is 19.5. The van der Waals surface area contributed by atoms with Crippen molar-refractivity contribution in [2.45, 2.75) is 37.8 Å². The van der Waals surface area contributed by atoms with Crippen molar-refractivity contribution in [3.63, 3.8) is 0 Å². The molecule has 0 aromatic heterocycles. The zero-order valence-corrected chi connectivity index (χ0v) is 9.58. The molecule has 0 bridgehead atoms. The van der Waals surface area contributed by atoms with Gasteiger partial charge in [-0.15, -0.1) is 0 Å². The molecule has 0 aromatic rings. The van der Waals surface area contributed by atoms with Crippen LogP contribution in [0.4, 0.5) is 0 Å². The number of nitriles is 1. The number of hydrogen-bond donors (Lipinski definition) is 1. The van der Waals surface area contributed by atoms with E-state index in [0.29, 0.717) is 25.9 Å². The fourth-order valence-electron chi connectivity index (χ4n) is 1.37. The van der Waals surface area contributed by atoms with Crippen LogP contribution < -0.4 is 5.32 Å². The molecule has 1 atom stereocenters. The molecule has 1 rings (SSSR count). The lowest BCUT2D eigenvalue weighted by Crippen LogP contribution is -2.46. The lowest BCUT2D eigenvalue weighted by atomic mass is 10.1. The molecular formula is C11H20N2O2. The van der Waals surface area contributed by atoms with Crippen LogP contribution in [0.25, 0.3) is 0 Å². The fraction of sp³-hybridized carbons (Fsp3) is 0.909. The minimum atomic E-state index is -0.533. The third-order valence-corrected chi connectivity index (χ3v) is 2.37. The van der Waals surface area contributed by atoms with Gasteiger partial charge in [-0.2, -0.15) is 5.26 Å². The Morgan fingerprint density at radius 1 is 1.47 bits per heavy atom. The average molecular weight is 212 g/mol. The maximum Gasteiger partial charge on any atom is 0.127 e. The number of methoxy groups -OCH3 is 1. The summed E-state index contributed by atoms with van der Waals surface area (Å²) in [5.41, 5.74) is -0.533. The van der Waals surface area contributed by atoms with Crippen LogP contribution in [0.2, 0.25) is 0 Å². The summed E-state index contributed by atoms with van der Waals surface area (Å²) >= 11 is 0. The zero-order valence-electron chi connectivity index (χ0n) is 9.58. The summed E-state index contributed by atoms with van der Waals surface area (Å²) in [5, 5.41) is 12.3. The van der Waals surface area contributed by atoms with Crippen LogP contribution in [0.3, 0.4) is 0 Å². The van der Waals surface area contributed by atoms with Crippen LogP contribution in [0.1, 0.15) is 26.2 Å². The first-order valence-corrected chi connectivity index (χ1v) is 5.46. The van der Waals surface area contributed by atoms with E-state index in [1.807, 2.05) is 6.92 Å². The van der Waals surface area contributed by atoms with E-state index in [1.165, 1.54) is 12.8 Å². The minimum Gasteiger partial charge on any atom is -0.385 e. The van der Waals surface area contributed by atoms with Crippen LogP contribution in [-0.2, 0) is 9.47 Å². The lowest BCUT2D eigenvalue weighted by molar-refractivity contribution is 0.0753. The second-order valence-electron chi connectivity index (χ2n) is 4.26. The van der Waals surface area contributed by atoms with Gasteiger partial charge in [0.05, 0.1) is 12.7 Å². The van der Waals surface area contributed by atoms with E-state index in [9.17, 15) is 0 Å². The predicted molar refractivity (Wildman–Crippen MR) is 57.5 cm³/mol. The highest BCUT2D eigenvalue weighted by molar-refractivity contribution is 5.07. The summed E-state index contributed by atoms with van der Waals surface area (Å²) in [4.78, 5) is 0. The molecule has 1 aliphatic rings. The Bertz CT molecular complexity index is 223. The van der Waals surface area contributed by atoms with E-state index in [4.69, 9.17) is 14.7 Å². The zero-order chi connectivity index (χ0) is 11.1. The van der Waals surface area contributed by atoms with E-state index in [0.717, 1.165) is 6.42 Å². The van der Waals surface area contributed by atoms with Crippen molar-refractivity contribution in [3.8, 4) is 6.07 Å². The van der Waals surface area contributed by atoms with Gasteiger partial charge in [-0.3, -0.25) is 5.32 Å². The van der Waals surface area contributed by atoms with E-state index < -0.39 is 5.54 Å². The second-order valence-corrected chi connectivity index (χ2v) is 4.26. The molecule has 1 fully saturated rings. The molecule has 0 saturated heterocycles. The van der Waals surface area contributed by atoms with Crippen molar-refractivity contribution in [2.24, 2.45) is 0 Å². The molecule has 86 valence electrons. The van der Waals surface area contributed by atoms with Gasteiger partial charge in [0, 0.05) is 26.4 Å². The summed E-state index contributed by atoms with van der Waals surface area (Å²) < 4.78 is 10.4. The van der Waals surface area contributed by atoms with Gasteiger partial charge < -0.3 is 9.47 Å². The first-order chi connectivity index (χ1) is 7.20. The molecule has 15 heavy (non-hydrogen) atoms. The first kappa shape index (κ1) is 12.4. The van der Waals surface area contributed by atoms with Crippen molar-refractivity contribution < 1.29 is 9.47 Å². The Morgan fingerprint density at radius 2 is 2.20 bits per heavy atom.